The van der Waals surface area contributed by atoms with Gasteiger partial charge in [0.2, 0.25) is 0 Å². The van der Waals surface area contributed by atoms with Crippen LogP contribution in [0.2, 0.25) is 0 Å². The molecule has 1 fully saturated rings. The lowest BCUT2D eigenvalue weighted by atomic mass is 9.84. The van der Waals surface area contributed by atoms with Gasteiger partial charge in [0.05, 0.1) is 12.0 Å². The van der Waals surface area contributed by atoms with Crippen molar-refractivity contribution in [2.75, 3.05) is 13.1 Å². The molecule has 5 rings (SSSR count). The van der Waals surface area contributed by atoms with Gasteiger partial charge >= 0.3 is 5.97 Å². The number of aromatic hydroxyl groups is 1. The number of aliphatic imine (C=N–C) groups is 1. The third-order valence-corrected chi connectivity index (χ3v) is 5.88. The number of phenolic OH excluding ortho intramolecular Hbond substituents is 1. The molecule has 0 aromatic heterocycles. The van der Waals surface area contributed by atoms with E-state index in [4.69, 9.17) is 9.47 Å². The van der Waals surface area contributed by atoms with Crippen LogP contribution < -0.4 is 0 Å². The van der Waals surface area contributed by atoms with E-state index in [0.717, 1.165) is 16.7 Å². The molecule has 0 saturated carbocycles. The number of likely N-dealkylation sites (tertiary alicyclic amines) is 1. The van der Waals surface area contributed by atoms with Crippen LogP contribution in [0.1, 0.15) is 39.9 Å². The smallest absolute Gasteiger partial charge is 0.339 e. The number of esters is 1. The normalized spacial score (nSPS) is 21.9. The van der Waals surface area contributed by atoms with Crippen molar-refractivity contribution in [1.29, 1.82) is 0 Å². The van der Waals surface area contributed by atoms with E-state index in [9.17, 15) is 14.7 Å². The summed E-state index contributed by atoms with van der Waals surface area (Å²) >= 11 is 0. The molecule has 29 heavy (non-hydrogen) atoms. The molecule has 0 bridgehead atoms. The van der Waals surface area contributed by atoms with Crippen molar-refractivity contribution >= 4 is 17.9 Å². The summed E-state index contributed by atoms with van der Waals surface area (Å²) in [7, 11) is 0. The van der Waals surface area contributed by atoms with Gasteiger partial charge in [0.15, 0.2) is 0 Å². The molecule has 1 N–H and O–H groups in total. The Morgan fingerprint density at radius 2 is 1.79 bits per heavy atom. The maximum absolute atomic E-state index is 12.4. The van der Waals surface area contributed by atoms with Crippen molar-refractivity contribution in [3.05, 3.63) is 64.7 Å². The Kier molecular flexibility index (Phi) is 4.04. The predicted molar refractivity (Wildman–Crippen MR) is 103 cm³/mol. The largest absolute Gasteiger partial charge is 0.508 e. The molecule has 7 heteroatoms. The van der Waals surface area contributed by atoms with Crippen molar-refractivity contribution in [1.82, 2.24) is 4.90 Å². The van der Waals surface area contributed by atoms with Gasteiger partial charge in [-0.1, -0.05) is 30.3 Å². The molecule has 1 spiro atoms. The van der Waals surface area contributed by atoms with Crippen molar-refractivity contribution < 1.29 is 24.2 Å². The van der Waals surface area contributed by atoms with E-state index < -0.39 is 11.6 Å². The van der Waals surface area contributed by atoms with Crippen molar-refractivity contribution in [2.45, 2.75) is 31.5 Å². The number of ether oxygens (including phenoxy) is 2. The first kappa shape index (κ1) is 17.7. The summed E-state index contributed by atoms with van der Waals surface area (Å²) in [6.07, 6.45) is 1.38. The third kappa shape index (κ3) is 3.03. The Morgan fingerprint density at radius 3 is 2.59 bits per heavy atom. The topological polar surface area (TPSA) is 88.4 Å². The van der Waals surface area contributed by atoms with Gasteiger partial charge in [-0.25, -0.2) is 4.79 Å². The predicted octanol–water partition coefficient (Wildman–Crippen LogP) is 2.51. The highest BCUT2D eigenvalue weighted by Gasteiger charge is 2.48. The standard InChI is InChI=1S/C22H20N2O5/c25-16-5-6-18-17(12-16)20(27)29-22(18)7-9-24(10-8-22)21-23-19(26)11-14-3-1-2-4-15(14)13-28-21/h1-6,12,25H,7-11,13H2/b23-21-. The lowest BCUT2D eigenvalue weighted by Gasteiger charge is -2.39. The minimum Gasteiger partial charge on any atom is -0.508 e. The van der Waals surface area contributed by atoms with Crippen molar-refractivity contribution in [3.8, 4) is 5.75 Å². The third-order valence-electron chi connectivity index (χ3n) is 5.88. The highest BCUT2D eigenvalue weighted by molar-refractivity contribution is 5.95. The summed E-state index contributed by atoms with van der Waals surface area (Å²) in [5, 5.41) is 9.68. The number of phenols is 1. The summed E-state index contributed by atoms with van der Waals surface area (Å²) in [6, 6.07) is 12.8. The van der Waals surface area contributed by atoms with Crippen LogP contribution in [0.5, 0.6) is 5.75 Å². The number of benzene rings is 2. The number of hydrogen-bond acceptors (Lipinski definition) is 6. The Morgan fingerprint density at radius 1 is 1.03 bits per heavy atom. The molecule has 3 aliphatic rings. The van der Waals surface area contributed by atoms with E-state index in [1.54, 1.807) is 12.1 Å². The van der Waals surface area contributed by atoms with Crippen molar-refractivity contribution in [3.63, 3.8) is 0 Å². The molecule has 0 aliphatic carbocycles. The summed E-state index contributed by atoms with van der Waals surface area (Å²) in [6.45, 7) is 1.45. The monoisotopic (exact) mass is 392 g/mol. The molecule has 3 aliphatic heterocycles. The van der Waals surface area contributed by atoms with Crippen LogP contribution in [0.3, 0.4) is 0 Å². The van der Waals surface area contributed by atoms with Gasteiger partial charge in [-0.2, -0.15) is 4.99 Å². The maximum Gasteiger partial charge on any atom is 0.339 e. The molecule has 0 atom stereocenters. The SMILES string of the molecule is O=C1Cc2ccccc2CO/C(N2CCC3(CC2)OC(=O)c2cc(O)ccc23)=N\1. The summed E-state index contributed by atoms with van der Waals surface area (Å²) in [5.74, 6) is -0.595. The first-order chi connectivity index (χ1) is 14.0. The van der Waals surface area contributed by atoms with Crippen LogP contribution >= 0.6 is 0 Å². The first-order valence-corrected chi connectivity index (χ1v) is 9.67. The number of piperidine rings is 1. The molecule has 148 valence electrons. The van der Waals surface area contributed by atoms with Crippen LogP contribution in [-0.4, -0.2) is 41.0 Å². The second-order valence-electron chi connectivity index (χ2n) is 7.62. The molecule has 3 heterocycles. The van der Waals surface area contributed by atoms with Crippen molar-refractivity contribution in [2.24, 2.45) is 4.99 Å². The zero-order valence-electron chi connectivity index (χ0n) is 15.8. The number of amides is 1. The van der Waals surface area contributed by atoms with Crippen LogP contribution in [0.25, 0.3) is 0 Å². The highest BCUT2D eigenvalue weighted by Crippen LogP contribution is 2.45. The lowest BCUT2D eigenvalue weighted by molar-refractivity contribution is -0.117. The second kappa shape index (κ2) is 6.62. The lowest BCUT2D eigenvalue weighted by Crippen LogP contribution is -2.46. The number of rotatable bonds is 0. The fourth-order valence-corrected chi connectivity index (χ4v) is 4.33. The van der Waals surface area contributed by atoms with Gasteiger partial charge in [-0.15, -0.1) is 0 Å². The Labute approximate surface area is 167 Å². The maximum atomic E-state index is 12.4. The molecular weight excluding hydrogens is 372 g/mol. The highest BCUT2D eigenvalue weighted by atomic mass is 16.6. The van der Waals surface area contributed by atoms with Crippen LogP contribution in [-0.2, 0) is 32.9 Å². The Bertz CT molecular complexity index is 1040. The number of nitrogens with zero attached hydrogens (tertiary/aromatic N) is 2. The van der Waals surface area contributed by atoms with Crippen LogP contribution in [0.15, 0.2) is 47.5 Å². The van der Waals surface area contributed by atoms with E-state index in [-0.39, 0.29) is 18.1 Å². The Balaban J connectivity index is 1.35. The summed E-state index contributed by atoms with van der Waals surface area (Å²) < 4.78 is 11.6. The second-order valence-corrected chi connectivity index (χ2v) is 7.62. The van der Waals surface area contributed by atoms with Crippen LogP contribution in [0.4, 0.5) is 0 Å². The fourth-order valence-electron chi connectivity index (χ4n) is 4.33. The van der Waals surface area contributed by atoms with E-state index in [1.165, 1.54) is 6.07 Å². The zero-order valence-corrected chi connectivity index (χ0v) is 15.8. The number of carbonyl (C=O) groups is 2. The van der Waals surface area contributed by atoms with Crippen LogP contribution in [0, 0.1) is 0 Å². The quantitative estimate of drug-likeness (QED) is 0.693. The fraction of sp³-hybridized carbons (Fsp3) is 0.318. The number of fused-ring (bicyclic) bond motifs is 3. The number of amidine groups is 1. The van der Waals surface area contributed by atoms with Gasteiger partial charge in [0, 0.05) is 31.5 Å². The van der Waals surface area contributed by atoms with Gasteiger partial charge in [0.25, 0.3) is 11.9 Å². The summed E-state index contributed by atoms with van der Waals surface area (Å²) in [5.41, 5.74) is 2.46. The zero-order chi connectivity index (χ0) is 20.0. The Hall–Kier alpha value is -3.35. The number of carbonyl (C=O) groups excluding carboxylic acids is 2. The van der Waals surface area contributed by atoms with Gasteiger partial charge in [-0.3, -0.25) is 4.79 Å². The minimum absolute atomic E-state index is 0.0475. The molecule has 2 aromatic carbocycles. The van der Waals surface area contributed by atoms with E-state index >= 15 is 0 Å². The minimum atomic E-state index is -0.699. The van der Waals surface area contributed by atoms with Gasteiger partial charge in [0.1, 0.15) is 18.0 Å². The number of hydrogen-bond donors (Lipinski definition) is 1. The molecule has 1 saturated heterocycles. The first-order valence-electron chi connectivity index (χ1n) is 9.67. The molecule has 7 nitrogen and oxygen atoms in total. The average molecular weight is 392 g/mol. The van der Waals surface area contributed by atoms with E-state index in [2.05, 4.69) is 4.99 Å². The molecule has 0 unspecified atom stereocenters. The molecule has 1 amide bonds. The average Bonchev–Trinajstić information content (AvgIpc) is 2.96. The van der Waals surface area contributed by atoms with Gasteiger partial charge in [-0.05, 0) is 23.3 Å². The molecular formula is C22H20N2O5. The molecule has 0 radical (unpaired) electrons. The van der Waals surface area contributed by atoms with E-state index in [0.29, 0.717) is 44.1 Å². The van der Waals surface area contributed by atoms with E-state index in [1.807, 2.05) is 29.2 Å². The van der Waals surface area contributed by atoms with Gasteiger partial charge < -0.3 is 19.5 Å². The molecule has 2 aromatic rings. The summed E-state index contributed by atoms with van der Waals surface area (Å²) in [4.78, 5) is 30.7.